The van der Waals surface area contributed by atoms with E-state index in [4.69, 9.17) is 9.47 Å². The Morgan fingerprint density at radius 3 is 2.71 bits per heavy atom. The molecule has 6 heteroatoms. The van der Waals surface area contributed by atoms with Crippen molar-refractivity contribution in [3.05, 3.63) is 72.1 Å². The summed E-state index contributed by atoms with van der Waals surface area (Å²) in [5.74, 6) is 1.02. The molecule has 1 aliphatic rings. The number of aryl methyl sites for hydroxylation is 1. The quantitative estimate of drug-likeness (QED) is 0.710. The number of anilines is 3. The van der Waals surface area contributed by atoms with Crippen molar-refractivity contribution in [1.82, 2.24) is 4.98 Å². The smallest absolute Gasteiger partial charge is 0.274 e. The van der Waals surface area contributed by atoms with Crippen LogP contribution in [0.25, 0.3) is 0 Å². The summed E-state index contributed by atoms with van der Waals surface area (Å²) in [7, 11) is 0. The first kappa shape index (κ1) is 17.9. The van der Waals surface area contributed by atoms with Crippen molar-refractivity contribution in [2.24, 2.45) is 0 Å². The molecule has 1 aliphatic heterocycles. The molecular weight excluding hydrogens is 354 g/mol. The van der Waals surface area contributed by atoms with Crippen molar-refractivity contribution >= 4 is 23.0 Å². The average Bonchev–Trinajstić information content (AvgIpc) is 3.17. The lowest BCUT2D eigenvalue weighted by Crippen LogP contribution is -2.18. The summed E-state index contributed by atoms with van der Waals surface area (Å²) in [5.41, 5.74) is 4.16. The van der Waals surface area contributed by atoms with Crippen LogP contribution in [0.15, 0.2) is 60.8 Å². The van der Waals surface area contributed by atoms with Gasteiger partial charge in [-0.25, -0.2) is 0 Å². The molecule has 0 radical (unpaired) electrons. The first-order chi connectivity index (χ1) is 13.6. The zero-order valence-electron chi connectivity index (χ0n) is 15.8. The van der Waals surface area contributed by atoms with Gasteiger partial charge in [0, 0.05) is 35.9 Å². The molecule has 1 N–H and O–H groups in total. The van der Waals surface area contributed by atoms with Crippen LogP contribution in [-0.2, 0) is 0 Å². The molecule has 0 spiro atoms. The van der Waals surface area contributed by atoms with E-state index in [9.17, 15) is 4.79 Å². The van der Waals surface area contributed by atoms with E-state index < -0.39 is 0 Å². The minimum absolute atomic E-state index is 0.197. The number of aromatic nitrogens is 1. The number of nitrogens with one attached hydrogen (secondary N) is 1. The number of amides is 1. The third-order valence-electron chi connectivity index (χ3n) is 4.55. The molecule has 0 aliphatic carbocycles. The summed E-state index contributed by atoms with van der Waals surface area (Å²) in [6, 6.07) is 17.3. The SMILES string of the molecule is CCN(c1cccc(C)c1)c1ccnc(C(=O)Nc2ccc3c(c2)OCO3)c1. The summed E-state index contributed by atoms with van der Waals surface area (Å²) in [4.78, 5) is 19.1. The molecule has 0 saturated heterocycles. The van der Waals surface area contributed by atoms with E-state index in [0.717, 1.165) is 17.9 Å². The van der Waals surface area contributed by atoms with Gasteiger partial charge in [0.15, 0.2) is 11.5 Å². The number of nitrogens with zero attached hydrogens (tertiary/aromatic N) is 2. The van der Waals surface area contributed by atoms with E-state index in [-0.39, 0.29) is 12.7 Å². The molecular formula is C22H21N3O3. The second-order valence-corrected chi connectivity index (χ2v) is 6.50. The van der Waals surface area contributed by atoms with Gasteiger partial charge in [-0.3, -0.25) is 9.78 Å². The van der Waals surface area contributed by atoms with Gasteiger partial charge in [0.2, 0.25) is 6.79 Å². The van der Waals surface area contributed by atoms with E-state index in [0.29, 0.717) is 22.9 Å². The molecule has 0 atom stereocenters. The molecule has 1 aromatic heterocycles. The Hall–Kier alpha value is -3.54. The Kier molecular flexibility index (Phi) is 4.85. The molecule has 142 valence electrons. The Morgan fingerprint density at radius 2 is 1.89 bits per heavy atom. The van der Waals surface area contributed by atoms with Crippen molar-refractivity contribution in [2.45, 2.75) is 13.8 Å². The van der Waals surface area contributed by atoms with Crippen LogP contribution in [0, 0.1) is 6.92 Å². The van der Waals surface area contributed by atoms with Gasteiger partial charge in [-0.1, -0.05) is 12.1 Å². The Labute approximate surface area is 163 Å². The van der Waals surface area contributed by atoms with Gasteiger partial charge < -0.3 is 19.7 Å². The molecule has 2 heterocycles. The van der Waals surface area contributed by atoms with Gasteiger partial charge in [-0.05, 0) is 55.8 Å². The Balaban J connectivity index is 1.56. The van der Waals surface area contributed by atoms with Gasteiger partial charge in [-0.15, -0.1) is 0 Å². The van der Waals surface area contributed by atoms with Crippen LogP contribution in [0.5, 0.6) is 11.5 Å². The van der Waals surface area contributed by atoms with Crippen LogP contribution in [-0.4, -0.2) is 24.2 Å². The lowest BCUT2D eigenvalue weighted by atomic mass is 10.2. The maximum atomic E-state index is 12.7. The fourth-order valence-corrected chi connectivity index (χ4v) is 3.19. The molecule has 0 bridgehead atoms. The number of ether oxygens (including phenoxy) is 2. The molecule has 28 heavy (non-hydrogen) atoms. The first-order valence-electron chi connectivity index (χ1n) is 9.15. The number of pyridine rings is 1. The molecule has 0 unspecified atom stereocenters. The highest BCUT2D eigenvalue weighted by atomic mass is 16.7. The minimum atomic E-state index is -0.277. The number of carbonyl (C=O) groups excluding carboxylic acids is 1. The Bertz CT molecular complexity index is 1020. The second-order valence-electron chi connectivity index (χ2n) is 6.50. The standard InChI is InChI=1S/C22H21N3O3/c1-3-25(17-6-4-5-15(2)11-17)18-9-10-23-19(13-18)22(26)24-16-7-8-20-21(12-16)28-14-27-20/h4-13H,3,14H2,1-2H3,(H,24,26). The first-order valence-corrected chi connectivity index (χ1v) is 9.15. The number of fused-ring (bicyclic) bond motifs is 1. The molecule has 2 aromatic carbocycles. The summed E-state index contributed by atoms with van der Waals surface area (Å²) in [6.07, 6.45) is 1.66. The lowest BCUT2D eigenvalue weighted by molar-refractivity contribution is 0.102. The summed E-state index contributed by atoms with van der Waals surface area (Å²) < 4.78 is 10.6. The van der Waals surface area contributed by atoms with Crippen molar-refractivity contribution in [2.75, 3.05) is 23.6 Å². The highest BCUT2D eigenvalue weighted by molar-refractivity contribution is 6.03. The highest BCUT2D eigenvalue weighted by Crippen LogP contribution is 2.34. The summed E-state index contributed by atoms with van der Waals surface area (Å²) in [5, 5.41) is 2.87. The van der Waals surface area contributed by atoms with E-state index >= 15 is 0 Å². The number of hydrogen-bond donors (Lipinski definition) is 1. The molecule has 3 aromatic rings. The van der Waals surface area contributed by atoms with E-state index in [2.05, 4.69) is 47.2 Å². The number of carbonyl (C=O) groups is 1. The molecule has 1 amide bonds. The van der Waals surface area contributed by atoms with Crippen molar-refractivity contribution in [3.63, 3.8) is 0 Å². The van der Waals surface area contributed by atoms with Crippen LogP contribution in [0.4, 0.5) is 17.1 Å². The van der Waals surface area contributed by atoms with Crippen LogP contribution in [0.2, 0.25) is 0 Å². The van der Waals surface area contributed by atoms with Crippen molar-refractivity contribution < 1.29 is 14.3 Å². The van der Waals surface area contributed by atoms with Crippen LogP contribution in [0.3, 0.4) is 0 Å². The van der Waals surface area contributed by atoms with Crippen LogP contribution in [0.1, 0.15) is 23.0 Å². The molecule has 0 fully saturated rings. The fraction of sp³-hybridized carbons (Fsp3) is 0.182. The molecule has 4 rings (SSSR count). The lowest BCUT2D eigenvalue weighted by Gasteiger charge is -2.24. The number of benzene rings is 2. The van der Waals surface area contributed by atoms with E-state index in [1.54, 1.807) is 30.5 Å². The highest BCUT2D eigenvalue weighted by Gasteiger charge is 2.16. The minimum Gasteiger partial charge on any atom is -0.454 e. The number of hydrogen-bond acceptors (Lipinski definition) is 5. The van der Waals surface area contributed by atoms with Gasteiger partial charge in [0.05, 0.1) is 0 Å². The molecule has 6 nitrogen and oxygen atoms in total. The Morgan fingerprint density at radius 1 is 1.07 bits per heavy atom. The van der Waals surface area contributed by atoms with Crippen LogP contribution < -0.4 is 19.7 Å². The maximum absolute atomic E-state index is 12.7. The van der Waals surface area contributed by atoms with E-state index in [1.165, 1.54) is 5.56 Å². The summed E-state index contributed by atoms with van der Waals surface area (Å²) >= 11 is 0. The van der Waals surface area contributed by atoms with Gasteiger partial charge in [-0.2, -0.15) is 0 Å². The second kappa shape index (κ2) is 7.60. The monoisotopic (exact) mass is 375 g/mol. The predicted octanol–water partition coefficient (Wildman–Crippen LogP) is 4.53. The fourth-order valence-electron chi connectivity index (χ4n) is 3.19. The van der Waals surface area contributed by atoms with Gasteiger partial charge >= 0.3 is 0 Å². The molecule has 0 saturated carbocycles. The predicted molar refractivity (Wildman–Crippen MR) is 109 cm³/mol. The summed E-state index contributed by atoms with van der Waals surface area (Å²) in [6.45, 7) is 5.11. The number of rotatable bonds is 5. The van der Waals surface area contributed by atoms with Crippen LogP contribution >= 0.6 is 0 Å². The average molecular weight is 375 g/mol. The third kappa shape index (κ3) is 3.62. The van der Waals surface area contributed by atoms with Gasteiger partial charge in [0.25, 0.3) is 5.91 Å². The third-order valence-corrected chi connectivity index (χ3v) is 4.55. The maximum Gasteiger partial charge on any atom is 0.274 e. The normalized spacial score (nSPS) is 11.9. The van der Waals surface area contributed by atoms with Crippen molar-refractivity contribution in [3.8, 4) is 11.5 Å². The topological polar surface area (TPSA) is 63.7 Å². The largest absolute Gasteiger partial charge is 0.454 e. The van der Waals surface area contributed by atoms with E-state index in [1.807, 2.05) is 12.1 Å². The zero-order valence-corrected chi connectivity index (χ0v) is 15.8. The van der Waals surface area contributed by atoms with Gasteiger partial charge in [0.1, 0.15) is 5.69 Å². The van der Waals surface area contributed by atoms with Crippen molar-refractivity contribution in [1.29, 1.82) is 0 Å². The zero-order chi connectivity index (χ0) is 19.5.